The second-order valence-corrected chi connectivity index (χ2v) is 8.89. The van der Waals surface area contributed by atoms with Crippen LogP contribution in [0.2, 0.25) is 0 Å². The van der Waals surface area contributed by atoms with E-state index in [2.05, 4.69) is 26.4 Å². The van der Waals surface area contributed by atoms with Gasteiger partial charge in [0.25, 0.3) is 0 Å². The molecule has 1 N–H and O–H groups in total. The Bertz CT molecular complexity index is 1080. The van der Waals surface area contributed by atoms with Crippen LogP contribution in [0.15, 0.2) is 53.1 Å². The Hall–Kier alpha value is -3.19. The molecule has 2 aromatic carbocycles. The molecule has 0 spiro atoms. The molecule has 0 radical (unpaired) electrons. The van der Waals surface area contributed by atoms with Gasteiger partial charge in [-0.25, -0.2) is 0 Å². The van der Waals surface area contributed by atoms with E-state index in [-0.39, 0.29) is 11.8 Å². The van der Waals surface area contributed by atoms with Crippen LogP contribution in [0.3, 0.4) is 0 Å². The first-order chi connectivity index (χ1) is 16.6. The van der Waals surface area contributed by atoms with Crippen LogP contribution in [0.5, 0.6) is 5.75 Å². The van der Waals surface area contributed by atoms with E-state index in [1.807, 2.05) is 56.3 Å². The summed E-state index contributed by atoms with van der Waals surface area (Å²) in [6.45, 7) is 7.56. The minimum Gasteiger partial charge on any atom is -0.494 e. The number of rotatable bonds is 10. The van der Waals surface area contributed by atoms with Crippen molar-refractivity contribution in [3.63, 3.8) is 0 Å². The van der Waals surface area contributed by atoms with Gasteiger partial charge in [0.05, 0.1) is 19.1 Å². The molecule has 4 rings (SSSR count). The van der Waals surface area contributed by atoms with E-state index in [4.69, 9.17) is 9.26 Å². The Kier molecular flexibility index (Phi) is 8.31. The molecule has 7 nitrogen and oxygen atoms in total. The van der Waals surface area contributed by atoms with Gasteiger partial charge in [-0.05, 0) is 63.8 Å². The quantitative estimate of drug-likeness (QED) is 0.450. The highest BCUT2D eigenvalue weighted by atomic mass is 16.5. The van der Waals surface area contributed by atoms with Crippen LogP contribution in [-0.4, -0.2) is 47.2 Å². The fourth-order valence-corrected chi connectivity index (χ4v) is 4.47. The standard InChI is InChI=1S/C27H34N4O3/c1-3-33-24-14-5-4-10-21(24)12-7-15-28-27(32)23-13-8-16-31(18-23)19-25-29-26(30-34-25)22-11-6-9-20(2)17-22/h4-6,9-11,14,17,23H,3,7-8,12-13,15-16,18-19H2,1-2H3,(H,28,32). The van der Waals surface area contributed by atoms with Crippen molar-refractivity contribution in [3.05, 3.63) is 65.5 Å². The summed E-state index contributed by atoms with van der Waals surface area (Å²) < 4.78 is 11.2. The van der Waals surface area contributed by atoms with Gasteiger partial charge < -0.3 is 14.6 Å². The van der Waals surface area contributed by atoms with Crippen molar-refractivity contribution in [2.75, 3.05) is 26.2 Å². The number of benzene rings is 2. The van der Waals surface area contributed by atoms with E-state index in [0.29, 0.717) is 38.0 Å². The summed E-state index contributed by atoms with van der Waals surface area (Å²) in [5.74, 6) is 2.25. The normalized spacial score (nSPS) is 16.4. The average Bonchev–Trinajstić information content (AvgIpc) is 3.31. The molecular formula is C27H34N4O3. The lowest BCUT2D eigenvalue weighted by Crippen LogP contribution is -2.43. The molecule has 34 heavy (non-hydrogen) atoms. The molecule has 3 aromatic rings. The number of piperidine rings is 1. The Labute approximate surface area is 201 Å². The summed E-state index contributed by atoms with van der Waals surface area (Å²) in [6.07, 6.45) is 3.66. The maximum atomic E-state index is 12.8. The number of carbonyl (C=O) groups is 1. The number of ether oxygens (including phenoxy) is 1. The Morgan fingerprint density at radius 3 is 2.97 bits per heavy atom. The summed E-state index contributed by atoms with van der Waals surface area (Å²) in [5, 5.41) is 7.27. The Morgan fingerprint density at radius 1 is 1.24 bits per heavy atom. The molecule has 180 valence electrons. The molecule has 1 aliphatic heterocycles. The molecule has 1 saturated heterocycles. The number of aryl methyl sites for hydroxylation is 2. The van der Waals surface area contributed by atoms with E-state index >= 15 is 0 Å². The van der Waals surface area contributed by atoms with E-state index in [9.17, 15) is 4.79 Å². The monoisotopic (exact) mass is 462 g/mol. The topological polar surface area (TPSA) is 80.5 Å². The summed E-state index contributed by atoms with van der Waals surface area (Å²) in [4.78, 5) is 19.6. The summed E-state index contributed by atoms with van der Waals surface area (Å²) in [7, 11) is 0. The van der Waals surface area contributed by atoms with Gasteiger partial charge in [0.1, 0.15) is 5.75 Å². The molecule has 1 fully saturated rings. The largest absolute Gasteiger partial charge is 0.494 e. The van der Waals surface area contributed by atoms with E-state index < -0.39 is 0 Å². The van der Waals surface area contributed by atoms with E-state index in [0.717, 1.165) is 49.1 Å². The molecule has 0 aliphatic carbocycles. The minimum atomic E-state index is -0.0105. The maximum absolute atomic E-state index is 12.8. The first kappa shape index (κ1) is 24.0. The Balaban J connectivity index is 1.23. The number of amides is 1. The van der Waals surface area contributed by atoms with E-state index in [1.165, 1.54) is 5.56 Å². The van der Waals surface area contributed by atoms with Gasteiger partial charge in [-0.1, -0.05) is 47.1 Å². The van der Waals surface area contributed by atoms with Crippen molar-refractivity contribution < 1.29 is 14.1 Å². The van der Waals surface area contributed by atoms with E-state index in [1.54, 1.807) is 0 Å². The highest BCUT2D eigenvalue weighted by molar-refractivity contribution is 5.78. The highest BCUT2D eigenvalue weighted by Crippen LogP contribution is 2.22. The van der Waals surface area contributed by atoms with Crippen LogP contribution >= 0.6 is 0 Å². The van der Waals surface area contributed by atoms with Crippen LogP contribution in [0.25, 0.3) is 11.4 Å². The van der Waals surface area contributed by atoms with Crippen LogP contribution < -0.4 is 10.1 Å². The zero-order chi connectivity index (χ0) is 23.8. The predicted octanol–water partition coefficient (Wildman–Crippen LogP) is 4.40. The van der Waals surface area contributed by atoms with Gasteiger partial charge in [0.15, 0.2) is 0 Å². The lowest BCUT2D eigenvalue weighted by molar-refractivity contribution is -0.126. The third kappa shape index (κ3) is 6.44. The van der Waals surface area contributed by atoms with Crippen molar-refractivity contribution in [2.45, 2.75) is 46.1 Å². The summed E-state index contributed by atoms with van der Waals surface area (Å²) in [6, 6.07) is 16.2. The number of likely N-dealkylation sites (tertiary alicyclic amines) is 1. The fraction of sp³-hybridized carbons (Fsp3) is 0.444. The highest BCUT2D eigenvalue weighted by Gasteiger charge is 2.26. The molecule has 1 unspecified atom stereocenters. The number of aromatic nitrogens is 2. The van der Waals surface area contributed by atoms with Crippen LogP contribution in [0.4, 0.5) is 0 Å². The first-order valence-electron chi connectivity index (χ1n) is 12.2. The molecule has 1 aromatic heterocycles. The molecule has 1 aliphatic rings. The molecule has 1 amide bonds. The van der Waals surface area contributed by atoms with Gasteiger partial charge in [-0.2, -0.15) is 4.98 Å². The summed E-state index contributed by atoms with van der Waals surface area (Å²) >= 11 is 0. The van der Waals surface area contributed by atoms with Crippen molar-refractivity contribution in [3.8, 4) is 17.1 Å². The maximum Gasteiger partial charge on any atom is 0.241 e. The molecule has 7 heteroatoms. The number of nitrogens with one attached hydrogen (secondary N) is 1. The van der Waals surface area contributed by atoms with Crippen molar-refractivity contribution in [2.24, 2.45) is 5.92 Å². The fourth-order valence-electron chi connectivity index (χ4n) is 4.47. The van der Waals surface area contributed by atoms with Crippen molar-refractivity contribution in [1.82, 2.24) is 20.4 Å². The molecule has 0 bridgehead atoms. The Morgan fingerprint density at radius 2 is 2.12 bits per heavy atom. The van der Waals surface area contributed by atoms with Crippen LogP contribution in [0.1, 0.15) is 43.2 Å². The average molecular weight is 463 g/mol. The molecular weight excluding hydrogens is 428 g/mol. The van der Waals surface area contributed by atoms with Gasteiger partial charge >= 0.3 is 0 Å². The van der Waals surface area contributed by atoms with Gasteiger partial charge in [-0.3, -0.25) is 9.69 Å². The second kappa shape index (κ2) is 11.8. The SMILES string of the molecule is CCOc1ccccc1CCCNC(=O)C1CCCN(Cc2nc(-c3cccc(C)c3)no2)C1. The third-order valence-electron chi connectivity index (χ3n) is 6.17. The van der Waals surface area contributed by atoms with Crippen LogP contribution in [-0.2, 0) is 17.8 Å². The van der Waals surface area contributed by atoms with Gasteiger partial charge in [-0.15, -0.1) is 0 Å². The summed E-state index contributed by atoms with van der Waals surface area (Å²) in [5.41, 5.74) is 3.30. The zero-order valence-corrected chi connectivity index (χ0v) is 20.1. The lowest BCUT2D eigenvalue weighted by Gasteiger charge is -2.30. The zero-order valence-electron chi connectivity index (χ0n) is 20.1. The van der Waals surface area contributed by atoms with Crippen LogP contribution in [0, 0.1) is 12.8 Å². The first-order valence-corrected chi connectivity index (χ1v) is 12.2. The number of para-hydroxylation sites is 1. The van der Waals surface area contributed by atoms with Gasteiger partial charge in [0.2, 0.25) is 17.6 Å². The number of nitrogens with zero attached hydrogens (tertiary/aromatic N) is 3. The predicted molar refractivity (Wildman–Crippen MR) is 131 cm³/mol. The lowest BCUT2D eigenvalue weighted by atomic mass is 9.97. The van der Waals surface area contributed by atoms with Crippen molar-refractivity contribution >= 4 is 5.91 Å². The second-order valence-electron chi connectivity index (χ2n) is 8.89. The van der Waals surface area contributed by atoms with Gasteiger partial charge in [0, 0.05) is 18.7 Å². The molecule has 2 heterocycles. The number of carbonyl (C=O) groups excluding carboxylic acids is 1. The molecule has 1 atom stereocenters. The van der Waals surface area contributed by atoms with Crippen molar-refractivity contribution in [1.29, 1.82) is 0 Å². The smallest absolute Gasteiger partial charge is 0.241 e. The molecule has 0 saturated carbocycles. The number of hydrogen-bond donors (Lipinski definition) is 1. The minimum absolute atomic E-state index is 0.0105. The third-order valence-corrected chi connectivity index (χ3v) is 6.17. The number of hydrogen-bond acceptors (Lipinski definition) is 6.